The Labute approximate surface area is 74.4 Å². The van der Waals surface area contributed by atoms with Crippen molar-refractivity contribution in [3.05, 3.63) is 36.9 Å². The first-order chi connectivity index (χ1) is 6.43. The maximum Gasteiger partial charge on any atom is 0.284 e. The minimum absolute atomic E-state index is 1.01. The Hall–Kier alpha value is -1.90. The normalized spacial score (nSPS) is 11.1. The molecule has 3 rings (SSSR count). The number of hydrogen-bond donors (Lipinski definition) is 1. The fourth-order valence-electron chi connectivity index (χ4n) is 1.57. The summed E-state index contributed by atoms with van der Waals surface area (Å²) in [5.74, 6) is 0. The molecule has 2 aromatic heterocycles. The lowest BCUT2D eigenvalue weighted by atomic mass is 10.2. The molecule has 0 saturated carbocycles. The lowest BCUT2D eigenvalue weighted by Crippen LogP contribution is -2.00. The van der Waals surface area contributed by atoms with Crippen molar-refractivity contribution >= 4 is 21.8 Å². The van der Waals surface area contributed by atoms with Gasteiger partial charge in [-0.25, -0.2) is 4.98 Å². The highest BCUT2D eigenvalue weighted by Gasteiger charge is 2.02. The Bertz CT molecular complexity index is 519. The van der Waals surface area contributed by atoms with Crippen molar-refractivity contribution in [1.29, 1.82) is 0 Å². The molecule has 3 heteroatoms. The van der Waals surface area contributed by atoms with Crippen LogP contribution >= 0.6 is 0 Å². The summed E-state index contributed by atoms with van der Waals surface area (Å²) >= 11 is 0. The Morgan fingerprint density at radius 3 is 3.23 bits per heavy atom. The summed E-state index contributed by atoms with van der Waals surface area (Å²) in [6.45, 7) is 0. The fraction of sp³-hybridized carbons (Fsp3) is 0. The molecule has 0 aliphatic heterocycles. The number of nitrogens with zero attached hydrogens (tertiary/aromatic N) is 1. The van der Waals surface area contributed by atoms with Crippen LogP contribution in [0.1, 0.15) is 0 Å². The van der Waals surface area contributed by atoms with E-state index < -0.39 is 0 Å². The Balaban J connectivity index is 2.57. The number of benzene rings is 1. The molecule has 0 saturated heterocycles. The van der Waals surface area contributed by atoms with Gasteiger partial charge in [-0.05, 0) is 17.1 Å². The maximum atomic E-state index is 4.24. The molecular weight excluding hydrogens is 162 g/mol. The summed E-state index contributed by atoms with van der Waals surface area (Å²) in [6.07, 6.45) is 5.58. The van der Waals surface area contributed by atoms with Crippen LogP contribution in [0.15, 0.2) is 36.9 Å². The predicted molar refractivity (Wildman–Crippen MR) is 50.2 cm³/mol. The summed E-state index contributed by atoms with van der Waals surface area (Å²) in [5.41, 5.74) is 2.14. The zero-order chi connectivity index (χ0) is 8.67. The Morgan fingerprint density at radius 2 is 2.23 bits per heavy atom. The topological polar surface area (TPSA) is 42.8 Å². The molecule has 0 aliphatic carbocycles. The van der Waals surface area contributed by atoms with Crippen LogP contribution in [0.2, 0.25) is 0 Å². The third-order valence-corrected chi connectivity index (χ3v) is 2.22. The van der Waals surface area contributed by atoms with Gasteiger partial charge in [-0.15, -0.1) is 0 Å². The highest BCUT2D eigenvalue weighted by molar-refractivity contribution is 5.94. The molecule has 0 radical (unpaired) electrons. The van der Waals surface area contributed by atoms with Crippen LogP contribution in [0.25, 0.3) is 21.8 Å². The average Bonchev–Trinajstić information content (AvgIpc) is 2.61. The van der Waals surface area contributed by atoms with E-state index in [-0.39, 0.29) is 0 Å². The molecular formula is C10H8N3+. The van der Waals surface area contributed by atoms with E-state index in [2.05, 4.69) is 33.2 Å². The average molecular weight is 170 g/mol. The lowest BCUT2D eigenvalue weighted by Gasteiger charge is -1.90. The third kappa shape index (κ3) is 0.902. The second-order valence-electron chi connectivity index (χ2n) is 3.05. The van der Waals surface area contributed by atoms with Gasteiger partial charge in [0.1, 0.15) is 0 Å². The smallest absolute Gasteiger partial charge is 0.284 e. The molecule has 3 aromatic rings. The van der Waals surface area contributed by atoms with Gasteiger partial charge in [0.05, 0.1) is 11.6 Å². The predicted octanol–water partition coefficient (Wildman–Crippen LogP) is 1.53. The van der Waals surface area contributed by atoms with E-state index >= 15 is 0 Å². The van der Waals surface area contributed by atoms with Crippen LogP contribution < -0.4 is 4.98 Å². The van der Waals surface area contributed by atoms with Gasteiger partial charge in [0.15, 0.2) is 5.52 Å². The molecule has 0 fully saturated rings. The number of H-pyrrole nitrogens is 2. The number of aromatic amines is 2. The number of fused-ring (bicyclic) bond motifs is 2. The third-order valence-electron chi connectivity index (χ3n) is 2.22. The van der Waals surface area contributed by atoms with Gasteiger partial charge < -0.3 is 4.98 Å². The SMILES string of the molecule is c1cc2cc3c[nH+]cnc3cc2[nH]1. The van der Waals surface area contributed by atoms with E-state index in [9.17, 15) is 0 Å². The molecule has 0 amide bonds. The minimum atomic E-state index is 1.01. The van der Waals surface area contributed by atoms with Crippen LogP contribution in [0, 0.1) is 0 Å². The molecule has 3 nitrogen and oxygen atoms in total. The van der Waals surface area contributed by atoms with E-state index in [1.165, 1.54) is 5.39 Å². The van der Waals surface area contributed by atoms with Gasteiger partial charge in [0.25, 0.3) is 6.33 Å². The van der Waals surface area contributed by atoms with Gasteiger partial charge in [-0.1, -0.05) is 0 Å². The van der Waals surface area contributed by atoms with Gasteiger partial charge in [-0.2, -0.15) is 0 Å². The first kappa shape index (κ1) is 6.60. The molecule has 0 unspecified atom stereocenters. The lowest BCUT2D eigenvalue weighted by molar-refractivity contribution is -0.380. The monoisotopic (exact) mass is 170 g/mol. The molecule has 1 aromatic carbocycles. The van der Waals surface area contributed by atoms with Gasteiger partial charge in [0.2, 0.25) is 0 Å². The highest BCUT2D eigenvalue weighted by atomic mass is 14.8. The number of hydrogen-bond acceptors (Lipinski definition) is 1. The van der Waals surface area contributed by atoms with Crippen LogP contribution in [0.3, 0.4) is 0 Å². The first-order valence-electron chi connectivity index (χ1n) is 4.16. The summed E-state index contributed by atoms with van der Waals surface area (Å²) in [4.78, 5) is 10.4. The minimum Gasteiger partial charge on any atom is -0.361 e. The van der Waals surface area contributed by atoms with E-state index in [0.29, 0.717) is 0 Å². The highest BCUT2D eigenvalue weighted by Crippen LogP contribution is 2.18. The maximum absolute atomic E-state index is 4.24. The fourth-order valence-corrected chi connectivity index (χ4v) is 1.57. The molecule has 2 heterocycles. The number of rotatable bonds is 0. The second kappa shape index (κ2) is 2.29. The van der Waals surface area contributed by atoms with Crippen molar-refractivity contribution < 1.29 is 4.98 Å². The standard InChI is InChI=1S/C10H7N3/c1-2-12-9-4-10-8(3-7(1)9)5-11-6-13-10/h1-6,12H/p+1. The van der Waals surface area contributed by atoms with Crippen LogP contribution in [-0.2, 0) is 0 Å². The quantitative estimate of drug-likeness (QED) is 0.546. The zero-order valence-corrected chi connectivity index (χ0v) is 6.91. The molecule has 0 aliphatic rings. The van der Waals surface area contributed by atoms with Crippen LogP contribution in [-0.4, -0.2) is 9.97 Å². The van der Waals surface area contributed by atoms with Gasteiger partial charge in [-0.3, -0.25) is 0 Å². The van der Waals surface area contributed by atoms with Crippen molar-refractivity contribution in [2.75, 3.05) is 0 Å². The van der Waals surface area contributed by atoms with Gasteiger partial charge >= 0.3 is 0 Å². The Kier molecular flexibility index (Phi) is 1.16. The van der Waals surface area contributed by atoms with Crippen molar-refractivity contribution in [2.24, 2.45) is 0 Å². The van der Waals surface area contributed by atoms with Gasteiger partial charge in [0, 0.05) is 23.2 Å². The largest absolute Gasteiger partial charge is 0.361 e. The number of aromatic nitrogens is 3. The van der Waals surface area contributed by atoms with Crippen molar-refractivity contribution in [3.63, 3.8) is 0 Å². The summed E-state index contributed by atoms with van der Waals surface area (Å²) in [6, 6.07) is 6.23. The molecule has 0 bridgehead atoms. The van der Waals surface area contributed by atoms with Crippen molar-refractivity contribution in [2.45, 2.75) is 0 Å². The van der Waals surface area contributed by atoms with Crippen molar-refractivity contribution in [3.8, 4) is 0 Å². The molecule has 13 heavy (non-hydrogen) atoms. The molecule has 62 valence electrons. The van der Waals surface area contributed by atoms with Crippen LogP contribution in [0.4, 0.5) is 0 Å². The zero-order valence-electron chi connectivity index (χ0n) is 6.91. The molecule has 0 atom stereocenters. The summed E-state index contributed by atoms with van der Waals surface area (Å²) < 4.78 is 0. The van der Waals surface area contributed by atoms with E-state index in [4.69, 9.17) is 0 Å². The van der Waals surface area contributed by atoms with Crippen LogP contribution in [0.5, 0.6) is 0 Å². The van der Waals surface area contributed by atoms with E-state index in [0.717, 1.165) is 16.4 Å². The first-order valence-corrected chi connectivity index (χ1v) is 4.16. The summed E-state index contributed by atoms with van der Waals surface area (Å²) in [5, 5.41) is 2.35. The number of nitrogens with one attached hydrogen (secondary N) is 2. The van der Waals surface area contributed by atoms with Crippen molar-refractivity contribution in [1.82, 2.24) is 9.97 Å². The van der Waals surface area contributed by atoms with E-state index in [1.807, 2.05) is 12.4 Å². The summed E-state index contributed by atoms with van der Waals surface area (Å²) in [7, 11) is 0. The molecule has 0 spiro atoms. The van der Waals surface area contributed by atoms with E-state index in [1.54, 1.807) is 6.33 Å². The second-order valence-corrected chi connectivity index (χ2v) is 3.05. The Morgan fingerprint density at radius 1 is 1.23 bits per heavy atom. The molecule has 2 N–H and O–H groups in total.